The maximum absolute atomic E-state index is 14.5. The average Bonchev–Trinajstić information content (AvgIpc) is 3.86. The highest BCUT2D eigenvalue weighted by Crippen LogP contribution is 2.40. The van der Waals surface area contributed by atoms with Crippen LogP contribution in [-0.2, 0) is 42.9 Å². The molecule has 0 radical (unpaired) electrons. The van der Waals surface area contributed by atoms with Crippen LogP contribution in [0.25, 0.3) is 0 Å². The molecule has 3 aliphatic heterocycles. The number of aliphatic hydroxyl groups excluding tert-OH is 2. The Morgan fingerprint density at radius 3 is 2.34 bits per heavy atom. The van der Waals surface area contributed by atoms with E-state index in [0.29, 0.717) is 63.4 Å². The van der Waals surface area contributed by atoms with E-state index in [0.717, 1.165) is 17.7 Å². The smallest absolute Gasteiger partial charge is 0.329 e. The number of methoxy groups -OCH3 is 2. The largest absolute Gasteiger partial charge is 0.460 e. The van der Waals surface area contributed by atoms with Crippen molar-refractivity contribution in [3.63, 3.8) is 0 Å². The molecule has 378 valence electrons. The van der Waals surface area contributed by atoms with Crippen LogP contribution in [0.3, 0.4) is 0 Å². The van der Waals surface area contributed by atoms with Crippen LogP contribution >= 0.6 is 0 Å². The van der Waals surface area contributed by atoms with Gasteiger partial charge in [0.2, 0.25) is 5.79 Å². The van der Waals surface area contributed by atoms with E-state index in [9.17, 15) is 39.3 Å². The van der Waals surface area contributed by atoms with Crippen LogP contribution < -0.4 is 0 Å². The van der Waals surface area contributed by atoms with Gasteiger partial charge in [0.1, 0.15) is 30.1 Å². The zero-order chi connectivity index (χ0) is 49.9. The van der Waals surface area contributed by atoms with Crippen LogP contribution in [0, 0.1) is 35.5 Å². The number of fused-ring (bicyclic) bond motifs is 3. The first-order valence-corrected chi connectivity index (χ1v) is 25.1. The molecule has 0 unspecified atom stereocenters. The normalized spacial score (nSPS) is 39.1. The number of ketones is 3. The van der Waals surface area contributed by atoms with Crippen molar-refractivity contribution < 1.29 is 58.2 Å². The summed E-state index contributed by atoms with van der Waals surface area (Å²) in [6.07, 6.45) is 13.9. The van der Waals surface area contributed by atoms with Gasteiger partial charge in [-0.2, -0.15) is 0 Å². The molecule has 4 heterocycles. The third-order valence-corrected chi connectivity index (χ3v) is 15.3. The van der Waals surface area contributed by atoms with Gasteiger partial charge in [-0.05, 0) is 120 Å². The Morgan fingerprint density at radius 1 is 0.897 bits per heavy atom. The third-order valence-electron chi connectivity index (χ3n) is 15.3. The predicted octanol–water partition coefficient (Wildman–Crippen LogP) is 7.28. The molecule has 5 rings (SSSR count). The van der Waals surface area contributed by atoms with Gasteiger partial charge in [-0.1, -0.05) is 76.6 Å². The van der Waals surface area contributed by atoms with Gasteiger partial charge in [0.25, 0.3) is 11.7 Å². The highest BCUT2D eigenvalue weighted by atomic mass is 16.6. The maximum atomic E-state index is 14.5. The van der Waals surface area contributed by atoms with E-state index in [1.54, 1.807) is 34.0 Å². The Kier molecular flexibility index (Phi) is 20.3. The number of nitrogens with zero attached hydrogens (tertiary/aromatic N) is 1. The molecule has 14 heteroatoms. The van der Waals surface area contributed by atoms with Gasteiger partial charge in [-0.3, -0.25) is 19.2 Å². The van der Waals surface area contributed by atoms with Crippen LogP contribution in [0.5, 0.6) is 0 Å². The van der Waals surface area contributed by atoms with Gasteiger partial charge >= 0.3 is 5.97 Å². The Hall–Kier alpha value is -4.05. The van der Waals surface area contributed by atoms with E-state index in [2.05, 4.69) is 4.98 Å². The predicted molar refractivity (Wildman–Crippen MR) is 258 cm³/mol. The first-order valence-electron chi connectivity index (χ1n) is 25.1. The minimum Gasteiger partial charge on any atom is -0.460 e. The number of aliphatic hydroxyl groups is 3. The lowest BCUT2D eigenvalue weighted by atomic mass is 9.78. The zero-order valence-electron chi connectivity index (χ0n) is 41.9. The number of nitrogens with one attached hydrogen (secondary N) is 1. The molecule has 14 nitrogen and oxygen atoms in total. The van der Waals surface area contributed by atoms with Crippen LogP contribution in [0.4, 0.5) is 0 Å². The number of hydrogen-bond donors (Lipinski definition) is 4. The maximum Gasteiger partial charge on any atom is 0.329 e. The standard InChI is InChI=1S/C54H80N2O12/c1-32-16-11-10-12-17-33(2)41(42-18-15-24-55-42)30-40-22-20-38(7)54(64,68-40)51(61)52(62)56-25-14-13-19-43(56)53(63)67-46(35(4)28-39-21-23-44(57)47(29-39)65-8)31-45(58)34(3)27-37(6)49(60)50(66-9)48(59)36(5)26-32/h10-12,15-18,24,27,32,34-36,38-41,43-44,46-47,49-50,55,57,60,64H,13-14,19-23,25-26,28-31H2,1-9H3/b12-10+,16-11-,33-17+,37-27+/t32-,34-,35-,36-,38-,39+,40+,41+,43+,44-,46+,47-,49-,50+,54-/m1/s1. The number of ether oxygens (including phenoxy) is 4. The van der Waals surface area contributed by atoms with Crippen molar-refractivity contribution in [2.75, 3.05) is 20.8 Å². The molecule has 68 heavy (non-hydrogen) atoms. The fourth-order valence-electron chi connectivity index (χ4n) is 10.8. The molecule has 1 aliphatic carbocycles. The topological polar surface area (TPSA) is 202 Å². The van der Waals surface area contributed by atoms with Crippen molar-refractivity contribution >= 4 is 29.2 Å². The molecule has 3 fully saturated rings. The number of Topliss-reactive ketones (excluding diaryl/α,β-unsaturated/α-hetero) is 3. The summed E-state index contributed by atoms with van der Waals surface area (Å²) in [5.74, 6) is -8.09. The molecule has 1 saturated carbocycles. The summed E-state index contributed by atoms with van der Waals surface area (Å²) < 4.78 is 23.8. The number of aromatic amines is 1. The summed E-state index contributed by atoms with van der Waals surface area (Å²) in [6, 6.07) is 2.75. The van der Waals surface area contributed by atoms with E-state index in [4.69, 9.17) is 18.9 Å². The second-order valence-corrected chi connectivity index (χ2v) is 20.5. The second kappa shape index (κ2) is 25.2. The molecule has 0 aromatic carbocycles. The lowest BCUT2D eigenvalue weighted by Crippen LogP contribution is -2.60. The molecular formula is C54H80N2O12. The molecule has 15 atom stereocenters. The second-order valence-electron chi connectivity index (χ2n) is 20.5. The lowest BCUT2D eigenvalue weighted by Gasteiger charge is -2.43. The number of aromatic nitrogens is 1. The number of allylic oxidation sites excluding steroid dienone is 7. The fraction of sp³-hybridized carbons (Fsp3) is 0.685. The van der Waals surface area contributed by atoms with Crippen molar-refractivity contribution in [2.45, 2.75) is 180 Å². The van der Waals surface area contributed by atoms with E-state index in [-0.39, 0.29) is 60.7 Å². The van der Waals surface area contributed by atoms with Crippen LogP contribution in [0.15, 0.2) is 65.9 Å². The fourth-order valence-corrected chi connectivity index (χ4v) is 10.8. The highest BCUT2D eigenvalue weighted by Gasteiger charge is 2.53. The summed E-state index contributed by atoms with van der Waals surface area (Å²) in [6.45, 7) is 12.9. The quantitative estimate of drug-likeness (QED) is 0.126. The Morgan fingerprint density at radius 2 is 1.65 bits per heavy atom. The number of amides is 1. The van der Waals surface area contributed by atoms with Gasteiger partial charge in [0.05, 0.1) is 18.3 Å². The molecule has 1 aromatic rings. The van der Waals surface area contributed by atoms with Crippen molar-refractivity contribution in [3.8, 4) is 0 Å². The number of carbonyl (C=O) groups excluding carboxylic acids is 5. The lowest BCUT2D eigenvalue weighted by molar-refractivity contribution is -0.264. The molecule has 4 N–H and O–H groups in total. The monoisotopic (exact) mass is 949 g/mol. The SMILES string of the molecule is CO[C@@H]1C[C@H](C[C@@H](C)[C@@H]2CC(=O)[C@H](C)/C=C(\C)[C@@H](O)[C@@H](OC)C(=O)[C@H](C)C[C@H](C)\C=C/C=C/C=C(\C)[C@@H](c3ccc[nH]3)C[C@@H]3CC[C@@H](C)[C@@](O)(O3)C(=O)C(=O)N3CCCC[C@H]3C(=O)O2)CC[C@H]1O. The minimum absolute atomic E-state index is 0.0193. The van der Waals surface area contributed by atoms with Gasteiger partial charge in [0.15, 0.2) is 5.78 Å². The number of cyclic esters (lactones) is 1. The van der Waals surface area contributed by atoms with E-state index in [1.807, 2.05) is 76.4 Å². The summed E-state index contributed by atoms with van der Waals surface area (Å²) in [5.41, 5.74) is 2.32. The number of piperidine rings is 1. The summed E-state index contributed by atoms with van der Waals surface area (Å²) >= 11 is 0. The third kappa shape index (κ3) is 13.8. The van der Waals surface area contributed by atoms with Crippen molar-refractivity contribution in [2.24, 2.45) is 35.5 Å². The number of hydrogen-bond acceptors (Lipinski definition) is 12. The van der Waals surface area contributed by atoms with E-state index in [1.165, 1.54) is 12.0 Å². The molecule has 2 saturated heterocycles. The molecule has 2 bridgehead atoms. The minimum atomic E-state index is -2.43. The highest BCUT2D eigenvalue weighted by molar-refractivity contribution is 6.39. The van der Waals surface area contributed by atoms with Crippen LogP contribution in [0.2, 0.25) is 0 Å². The number of carbonyl (C=O) groups is 5. The van der Waals surface area contributed by atoms with Crippen LogP contribution in [-0.4, -0.2) is 124 Å². The van der Waals surface area contributed by atoms with Gasteiger partial charge in [-0.25, -0.2) is 4.79 Å². The van der Waals surface area contributed by atoms with E-state index < -0.39 is 77.8 Å². The van der Waals surface area contributed by atoms with Crippen molar-refractivity contribution in [1.82, 2.24) is 9.88 Å². The van der Waals surface area contributed by atoms with Gasteiger partial charge in [0, 0.05) is 62.7 Å². The molecular weight excluding hydrogens is 869 g/mol. The first-order chi connectivity index (χ1) is 32.3. The van der Waals surface area contributed by atoms with Gasteiger partial charge in [-0.15, -0.1) is 0 Å². The molecule has 4 aliphatic rings. The van der Waals surface area contributed by atoms with Gasteiger partial charge < -0.3 is 44.2 Å². The summed E-state index contributed by atoms with van der Waals surface area (Å²) in [4.78, 5) is 75.7. The number of rotatable bonds is 6. The van der Waals surface area contributed by atoms with Crippen LogP contribution in [0.1, 0.15) is 137 Å². The summed E-state index contributed by atoms with van der Waals surface area (Å²) in [5, 5.41) is 34.1. The Bertz CT molecular complexity index is 1990. The number of H-pyrrole nitrogens is 1. The summed E-state index contributed by atoms with van der Waals surface area (Å²) in [7, 11) is 2.95. The zero-order valence-corrected chi connectivity index (χ0v) is 41.9. The first kappa shape index (κ1) is 54.9. The number of esters is 1. The van der Waals surface area contributed by atoms with E-state index >= 15 is 0 Å². The molecule has 0 spiro atoms. The average molecular weight is 949 g/mol. The Balaban J connectivity index is 1.49. The Labute approximate surface area is 404 Å². The molecule has 1 amide bonds. The van der Waals surface area contributed by atoms with Crippen molar-refractivity contribution in [3.05, 3.63) is 71.6 Å². The van der Waals surface area contributed by atoms with Crippen molar-refractivity contribution in [1.29, 1.82) is 0 Å². The molecule has 1 aromatic heterocycles.